The first-order chi connectivity index (χ1) is 39.0. The van der Waals surface area contributed by atoms with Gasteiger partial charge in [0, 0.05) is 27.5 Å². The summed E-state index contributed by atoms with van der Waals surface area (Å²) >= 11 is 0. The Morgan fingerprint density at radius 3 is 0.950 bits per heavy atom. The Bertz CT molecular complexity index is 4110. The molecule has 0 atom stereocenters. The summed E-state index contributed by atoms with van der Waals surface area (Å²) in [6.45, 7) is 9.13. The fraction of sp³-hybridized carbons (Fsp3) is 0.0833. The van der Waals surface area contributed by atoms with Gasteiger partial charge in [0.25, 0.3) is 0 Å². The van der Waals surface area contributed by atoms with Crippen LogP contribution in [0.3, 0.4) is 0 Å². The maximum Gasteiger partial charge on any atom is 0.166 e. The lowest BCUT2D eigenvalue weighted by atomic mass is 9.73. The van der Waals surface area contributed by atoms with Gasteiger partial charge in [-0.05, 0) is 141 Å². The monoisotopic (exact) mass is 1030 g/mol. The second-order valence-corrected chi connectivity index (χ2v) is 21.4. The van der Waals surface area contributed by atoms with Crippen LogP contribution in [0.5, 0.6) is 0 Å². The molecule has 2 aliphatic rings. The molecular weight excluding hydrogens is 977 g/mol. The van der Waals surface area contributed by atoms with Crippen LogP contribution >= 0.6 is 0 Å². The molecule has 11 aromatic rings. The van der Waals surface area contributed by atoms with E-state index in [0.29, 0.717) is 34.2 Å². The quantitative estimate of drug-likeness (QED) is 0.148. The molecule has 378 valence electrons. The summed E-state index contributed by atoms with van der Waals surface area (Å²) in [7, 11) is 0. The first kappa shape index (κ1) is 48.9. The number of aromatic nitrogens is 3. The van der Waals surface area contributed by atoms with Gasteiger partial charge in [0.2, 0.25) is 0 Å². The van der Waals surface area contributed by atoms with Crippen LogP contribution in [0, 0.1) is 34.0 Å². The highest BCUT2D eigenvalue weighted by atomic mass is 15.2. The third-order valence-electron chi connectivity index (χ3n) is 16.0. The van der Waals surface area contributed by atoms with E-state index in [1.165, 1.54) is 22.3 Å². The van der Waals surface area contributed by atoms with Crippen molar-refractivity contribution in [3.8, 4) is 85.8 Å². The molecule has 0 radical (unpaired) electrons. The molecule has 8 nitrogen and oxygen atoms in total. The highest BCUT2D eigenvalue weighted by molar-refractivity contribution is 5.96. The van der Waals surface area contributed by atoms with Crippen molar-refractivity contribution in [1.29, 1.82) is 15.8 Å². The second-order valence-electron chi connectivity index (χ2n) is 21.4. The van der Waals surface area contributed by atoms with Crippen LogP contribution in [0.15, 0.2) is 231 Å². The van der Waals surface area contributed by atoms with E-state index in [2.05, 4.69) is 189 Å². The maximum absolute atomic E-state index is 10.1. The maximum atomic E-state index is 10.1. The number of nitrogens with zero attached hydrogens (tertiary/aromatic N) is 8. The molecule has 3 heterocycles. The number of anilines is 6. The van der Waals surface area contributed by atoms with Gasteiger partial charge in [-0.25, -0.2) is 15.0 Å². The van der Waals surface area contributed by atoms with Gasteiger partial charge in [-0.15, -0.1) is 0 Å². The fourth-order valence-corrected chi connectivity index (χ4v) is 11.9. The average Bonchev–Trinajstić information content (AvgIpc) is 3.01. The molecular formula is C72H50N8. The van der Waals surface area contributed by atoms with Crippen LogP contribution in [0.2, 0.25) is 0 Å². The molecule has 10 aromatic carbocycles. The summed E-state index contributed by atoms with van der Waals surface area (Å²) in [4.78, 5) is 21.3. The SMILES string of the molecule is CC1(C)c2ccccc2N(c2cc(-c3cccc(C#N)c3)ccc2-c2nc(-c3ccc(-c4cccc(C#N)c4)cc3)nc(-c3ccc(-c4cccc(C#N)c4)cc3N3c4ccccc4C(C)(C)c4ccccc43)n2)c2ccccc21. The first-order valence-corrected chi connectivity index (χ1v) is 26.7. The molecule has 0 saturated carbocycles. The molecule has 8 heteroatoms. The van der Waals surface area contributed by atoms with Gasteiger partial charge in [0.15, 0.2) is 17.5 Å². The zero-order valence-corrected chi connectivity index (χ0v) is 44.5. The highest BCUT2D eigenvalue weighted by Crippen LogP contribution is 2.56. The van der Waals surface area contributed by atoms with E-state index in [1.807, 2.05) is 97.1 Å². The lowest BCUT2D eigenvalue weighted by Gasteiger charge is -2.42. The summed E-state index contributed by atoms with van der Waals surface area (Å²) in [6, 6.07) is 85.4. The summed E-state index contributed by atoms with van der Waals surface area (Å²) in [5.74, 6) is 1.39. The predicted molar refractivity (Wildman–Crippen MR) is 320 cm³/mol. The van der Waals surface area contributed by atoms with Crippen LogP contribution in [0.25, 0.3) is 67.5 Å². The van der Waals surface area contributed by atoms with Crippen molar-refractivity contribution in [2.45, 2.75) is 38.5 Å². The number of hydrogen-bond acceptors (Lipinski definition) is 8. The van der Waals surface area contributed by atoms with E-state index >= 15 is 0 Å². The third-order valence-corrected chi connectivity index (χ3v) is 16.0. The number of para-hydroxylation sites is 4. The summed E-state index contributed by atoms with van der Waals surface area (Å²) in [5, 5.41) is 29.9. The van der Waals surface area contributed by atoms with E-state index in [4.69, 9.17) is 15.0 Å². The van der Waals surface area contributed by atoms with Crippen LogP contribution in [-0.4, -0.2) is 15.0 Å². The van der Waals surface area contributed by atoms with Gasteiger partial charge in [0.05, 0.1) is 69.0 Å². The average molecular weight is 1030 g/mol. The van der Waals surface area contributed by atoms with Gasteiger partial charge in [-0.2, -0.15) is 15.8 Å². The van der Waals surface area contributed by atoms with Crippen molar-refractivity contribution in [2.75, 3.05) is 9.80 Å². The molecule has 80 heavy (non-hydrogen) atoms. The van der Waals surface area contributed by atoms with E-state index < -0.39 is 0 Å². The van der Waals surface area contributed by atoms with Gasteiger partial charge in [-0.3, -0.25) is 0 Å². The van der Waals surface area contributed by atoms with Crippen molar-refractivity contribution in [3.63, 3.8) is 0 Å². The fourth-order valence-electron chi connectivity index (χ4n) is 11.9. The zero-order chi connectivity index (χ0) is 54.7. The number of nitriles is 3. The normalized spacial score (nSPS) is 13.4. The minimum atomic E-state index is -0.322. The van der Waals surface area contributed by atoms with E-state index in [-0.39, 0.29) is 10.8 Å². The van der Waals surface area contributed by atoms with E-state index in [0.717, 1.165) is 84.2 Å². The standard InChI is InChI=1S/C72H50N8/c1-71(2)58-22-5-9-26-62(58)79(63-27-10-6-23-59(63)71)66-41-54(52-20-14-17-47(39-52)44-74)34-36-56(66)69-76-68(50-32-30-49(31-33-50)51-19-13-16-46(38-51)43-73)77-70(78-69)57-37-35-55(53-21-15-18-48(40-53)45-75)42-67(57)80-64-28-11-7-24-60(64)72(3,4)61-25-8-12-29-65(61)80/h5-42H,1-4H3. The first-order valence-electron chi connectivity index (χ1n) is 26.7. The largest absolute Gasteiger partial charge is 0.309 e. The van der Waals surface area contributed by atoms with Gasteiger partial charge in [-0.1, -0.05) is 173 Å². The Hall–Kier alpha value is -10.7. The molecule has 0 N–H and O–H groups in total. The molecule has 0 amide bonds. The molecule has 0 spiro atoms. The van der Waals surface area contributed by atoms with Crippen molar-refractivity contribution in [1.82, 2.24) is 15.0 Å². The zero-order valence-electron chi connectivity index (χ0n) is 44.5. The number of hydrogen-bond donors (Lipinski definition) is 0. The van der Waals surface area contributed by atoms with Crippen molar-refractivity contribution in [3.05, 3.63) is 269 Å². The van der Waals surface area contributed by atoms with Gasteiger partial charge >= 0.3 is 0 Å². The van der Waals surface area contributed by atoms with E-state index in [9.17, 15) is 15.8 Å². The summed E-state index contributed by atoms with van der Waals surface area (Å²) < 4.78 is 0. The number of benzene rings is 10. The topological polar surface area (TPSA) is 117 Å². The minimum Gasteiger partial charge on any atom is -0.309 e. The minimum absolute atomic E-state index is 0.322. The Balaban J connectivity index is 1.10. The van der Waals surface area contributed by atoms with Crippen LogP contribution in [-0.2, 0) is 10.8 Å². The predicted octanol–water partition coefficient (Wildman–Crippen LogP) is 17.7. The van der Waals surface area contributed by atoms with Crippen LogP contribution < -0.4 is 9.80 Å². The summed E-state index contributed by atoms with van der Waals surface area (Å²) in [6.07, 6.45) is 0. The Morgan fingerprint density at radius 2 is 0.588 bits per heavy atom. The van der Waals surface area contributed by atoms with Gasteiger partial charge in [0.1, 0.15) is 0 Å². The van der Waals surface area contributed by atoms with E-state index in [1.54, 1.807) is 0 Å². The molecule has 1 aromatic heterocycles. The summed E-state index contributed by atoms with van der Waals surface area (Å²) in [5.41, 5.74) is 19.5. The lowest BCUT2D eigenvalue weighted by molar-refractivity contribution is 0.632. The highest BCUT2D eigenvalue weighted by Gasteiger charge is 2.39. The lowest BCUT2D eigenvalue weighted by Crippen LogP contribution is -2.30. The molecule has 0 unspecified atom stereocenters. The number of rotatable bonds is 8. The Labute approximate surface area is 466 Å². The van der Waals surface area contributed by atoms with Crippen molar-refractivity contribution in [2.24, 2.45) is 0 Å². The second kappa shape index (κ2) is 19.4. The molecule has 0 fully saturated rings. The molecule has 13 rings (SSSR count). The Morgan fingerprint density at radius 1 is 0.287 bits per heavy atom. The third kappa shape index (κ3) is 8.25. The molecule has 0 bridgehead atoms. The van der Waals surface area contributed by atoms with Crippen LogP contribution in [0.1, 0.15) is 66.6 Å². The van der Waals surface area contributed by atoms with Crippen molar-refractivity contribution >= 4 is 34.1 Å². The van der Waals surface area contributed by atoms with Crippen LogP contribution in [0.4, 0.5) is 34.1 Å². The Kier molecular flexibility index (Phi) is 11.8. The molecule has 0 saturated heterocycles. The molecule has 2 aliphatic heterocycles. The van der Waals surface area contributed by atoms with Crippen molar-refractivity contribution < 1.29 is 0 Å². The van der Waals surface area contributed by atoms with Gasteiger partial charge < -0.3 is 9.80 Å². The molecule has 0 aliphatic carbocycles. The smallest absolute Gasteiger partial charge is 0.166 e. The number of fused-ring (bicyclic) bond motifs is 4.